The number of carbonyl (C=O) groups excluding carboxylic acids is 4. The van der Waals surface area contributed by atoms with Crippen molar-refractivity contribution in [1.29, 1.82) is 0 Å². The first-order chi connectivity index (χ1) is 34.2. The Hall–Kier alpha value is -3.95. The van der Waals surface area contributed by atoms with E-state index in [1.54, 1.807) is 13.8 Å². The topological polar surface area (TPSA) is 144 Å². The number of fused-ring (bicyclic) bond motifs is 2. The number of likely N-dealkylation sites (tertiary alicyclic amines) is 2. The predicted octanol–water partition coefficient (Wildman–Crippen LogP) is 8.42. The van der Waals surface area contributed by atoms with E-state index < -0.39 is 0 Å². The number of nitrogen functional groups attached to an aromatic ring is 1. The standard InChI is InChI=1S/C28H44N4O3.C24H38N4O2.C4H7ClO/c1-4-11-32(20-22-9-12-30(13-10-22)28(34)31-14-16-35-17-15-31)26-8-6-23-5-7-25(18-24(23)19-26)29-27(33)21(2)3;1-2-9-28(23-6-4-20-3-5-22(25)16-21(20)17-23)18-19-7-10-26(11-8-19)24(29)27-12-14-30-15-13-27;1-3(2)4(5)6/h5,7,18,21-22,26H,4,6,8-17,19-20H2,1-3H3,(H,29,33);3,5,16,19,23H,2,4,6-15,17-18,25H2,1H3;3H,1-2H3. The first-order valence-electron chi connectivity index (χ1n) is 27.4. The molecule has 396 valence electrons. The van der Waals surface area contributed by atoms with Gasteiger partial charge in [-0.2, -0.15) is 0 Å². The van der Waals surface area contributed by atoms with E-state index in [0.717, 1.165) is 148 Å². The molecule has 2 aromatic carbocycles. The normalized spacial score (nSPS) is 21.0. The lowest BCUT2D eigenvalue weighted by molar-refractivity contribution is -0.119. The molecule has 0 radical (unpaired) electrons. The van der Waals surface area contributed by atoms with E-state index in [1.807, 2.05) is 29.7 Å². The van der Waals surface area contributed by atoms with E-state index in [4.69, 9.17) is 26.8 Å². The number of benzene rings is 2. The summed E-state index contributed by atoms with van der Waals surface area (Å²) in [4.78, 5) is 61.1. The molecule has 0 bridgehead atoms. The fourth-order valence-electron chi connectivity index (χ4n) is 11.1. The van der Waals surface area contributed by atoms with Gasteiger partial charge < -0.3 is 40.1 Å². The van der Waals surface area contributed by atoms with Gasteiger partial charge in [0.05, 0.1) is 26.4 Å². The molecule has 4 heterocycles. The number of nitrogens with two attached hydrogens (primary N) is 1. The lowest BCUT2D eigenvalue weighted by Gasteiger charge is -2.41. The molecular formula is C56H89ClN8O6. The van der Waals surface area contributed by atoms with Gasteiger partial charge in [-0.3, -0.25) is 19.4 Å². The molecule has 2 atom stereocenters. The van der Waals surface area contributed by atoms with E-state index in [9.17, 15) is 19.2 Å². The van der Waals surface area contributed by atoms with Crippen molar-refractivity contribution in [3.8, 4) is 0 Å². The second kappa shape index (κ2) is 28.5. The van der Waals surface area contributed by atoms with E-state index >= 15 is 0 Å². The Morgan fingerprint density at radius 2 is 1.01 bits per heavy atom. The van der Waals surface area contributed by atoms with Crippen molar-refractivity contribution < 1.29 is 28.7 Å². The fourth-order valence-corrected chi connectivity index (χ4v) is 11.1. The first kappa shape index (κ1) is 56.3. The summed E-state index contributed by atoms with van der Waals surface area (Å²) >= 11 is 4.97. The van der Waals surface area contributed by atoms with Crippen molar-refractivity contribution in [2.45, 2.75) is 131 Å². The van der Waals surface area contributed by atoms with Crippen LogP contribution in [-0.4, -0.2) is 170 Å². The molecule has 5 amide bonds. The van der Waals surface area contributed by atoms with Crippen LogP contribution in [-0.2, 0) is 44.7 Å². The fraction of sp³-hybridized carbons (Fsp3) is 0.714. The van der Waals surface area contributed by atoms with Crippen LogP contribution in [0.3, 0.4) is 0 Å². The molecule has 6 aliphatic rings. The third kappa shape index (κ3) is 17.1. The largest absolute Gasteiger partial charge is 0.399 e. The highest BCUT2D eigenvalue weighted by atomic mass is 35.5. The molecule has 0 spiro atoms. The Morgan fingerprint density at radius 3 is 1.42 bits per heavy atom. The Morgan fingerprint density at radius 1 is 0.606 bits per heavy atom. The number of ether oxygens (including phenoxy) is 2. The third-order valence-electron chi connectivity index (χ3n) is 15.5. The molecule has 2 unspecified atom stereocenters. The van der Waals surface area contributed by atoms with Gasteiger partial charge in [0, 0.05) is 101 Å². The number of carbonyl (C=O) groups is 4. The van der Waals surface area contributed by atoms with E-state index in [1.165, 1.54) is 41.5 Å². The first-order valence-corrected chi connectivity index (χ1v) is 27.8. The highest BCUT2D eigenvalue weighted by Gasteiger charge is 2.33. The summed E-state index contributed by atoms with van der Waals surface area (Å²) in [5, 5.41) is 2.80. The van der Waals surface area contributed by atoms with Crippen LogP contribution < -0.4 is 11.1 Å². The summed E-state index contributed by atoms with van der Waals surface area (Å²) in [6.07, 6.45) is 13.6. The summed E-state index contributed by atoms with van der Waals surface area (Å²) in [5.41, 5.74) is 13.6. The van der Waals surface area contributed by atoms with Crippen LogP contribution in [0.2, 0.25) is 0 Å². The highest BCUT2D eigenvalue weighted by Crippen LogP contribution is 2.31. The van der Waals surface area contributed by atoms with E-state index in [0.29, 0.717) is 50.3 Å². The van der Waals surface area contributed by atoms with Gasteiger partial charge in [-0.15, -0.1) is 0 Å². The number of amides is 5. The van der Waals surface area contributed by atoms with Crippen LogP contribution in [0.25, 0.3) is 0 Å². The number of nitrogens with zero attached hydrogens (tertiary/aromatic N) is 6. The molecule has 15 heteroatoms. The Kier molecular flexibility index (Phi) is 22.6. The number of aryl methyl sites for hydroxylation is 2. The number of hydrogen-bond donors (Lipinski definition) is 2. The molecule has 14 nitrogen and oxygen atoms in total. The molecule has 71 heavy (non-hydrogen) atoms. The molecule has 8 rings (SSSR count). The zero-order chi connectivity index (χ0) is 50.9. The lowest BCUT2D eigenvalue weighted by atomic mass is 9.86. The minimum absolute atomic E-state index is 0.0191. The molecule has 2 aromatic rings. The monoisotopic (exact) mass is 1000 g/mol. The smallest absolute Gasteiger partial charge is 0.320 e. The quantitative estimate of drug-likeness (QED) is 0.149. The summed E-state index contributed by atoms with van der Waals surface area (Å²) in [5.74, 6) is 1.37. The Bertz CT molecular complexity index is 1990. The highest BCUT2D eigenvalue weighted by molar-refractivity contribution is 6.63. The van der Waals surface area contributed by atoms with Crippen LogP contribution in [0.5, 0.6) is 0 Å². The van der Waals surface area contributed by atoms with E-state index in [2.05, 4.69) is 69.1 Å². The average Bonchev–Trinajstić information content (AvgIpc) is 3.38. The zero-order valence-corrected chi connectivity index (χ0v) is 45.1. The van der Waals surface area contributed by atoms with Crippen molar-refractivity contribution in [1.82, 2.24) is 29.4 Å². The molecule has 4 saturated heterocycles. The SMILES string of the molecule is CC(C)C(=O)Cl.CCCN(CC1CCN(C(=O)N2CCOCC2)CC1)C1CCc2ccc(N)cc2C1.CCCN(CC1CCN(C(=O)N2CCOCC2)CC1)C1CCc2ccc(NC(=O)C(C)C)cc2C1. The van der Waals surface area contributed by atoms with Gasteiger partial charge >= 0.3 is 12.1 Å². The molecule has 4 aliphatic heterocycles. The van der Waals surface area contributed by atoms with Crippen molar-refractivity contribution in [2.24, 2.45) is 23.7 Å². The number of hydrogen-bond acceptors (Lipinski definition) is 9. The van der Waals surface area contributed by atoms with Crippen LogP contribution in [0.15, 0.2) is 36.4 Å². The van der Waals surface area contributed by atoms with Gasteiger partial charge in [0.25, 0.3) is 0 Å². The number of nitrogens with one attached hydrogen (secondary N) is 1. The van der Waals surface area contributed by atoms with Crippen molar-refractivity contribution in [3.63, 3.8) is 0 Å². The zero-order valence-electron chi connectivity index (χ0n) is 44.3. The van der Waals surface area contributed by atoms with Crippen LogP contribution >= 0.6 is 11.6 Å². The molecule has 4 fully saturated rings. The van der Waals surface area contributed by atoms with Gasteiger partial charge in [0.1, 0.15) is 0 Å². The van der Waals surface area contributed by atoms with Crippen molar-refractivity contribution in [2.75, 3.05) is 116 Å². The molecular weight excluding hydrogens is 916 g/mol. The third-order valence-corrected chi connectivity index (χ3v) is 15.9. The number of piperidine rings is 2. The maximum Gasteiger partial charge on any atom is 0.320 e. The van der Waals surface area contributed by atoms with Crippen LogP contribution in [0.4, 0.5) is 21.0 Å². The predicted molar refractivity (Wildman–Crippen MR) is 286 cm³/mol. The number of halogens is 1. The summed E-state index contributed by atoms with van der Waals surface area (Å²) in [6, 6.07) is 14.5. The van der Waals surface area contributed by atoms with Gasteiger partial charge in [-0.05, 0) is 160 Å². The number of urea groups is 2. The minimum Gasteiger partial charge on any atom is -0.399 e. The average molecular weight is 1010 g/mol. The summed E-state index contributed by atoms with van der Waals surface area (Å²) < 4.78 is 10.8. The molecule has 0 saturated carbocycles. The Balaban J connectivity index is 0.000000210. The molecule has 2 aliphatic carbocycles. The maximum atomic E-state index is 12.8. The van der Waals surface area contributed by atoms with Gasteiger partial charge in [-0.1, -0.05) is 53.7 Å². The van der Waals surface area contributed by atoms with Crippen LogP contribution in [0, 0.1) is 23.7 Å². The number of morpholine rings is 2. The van der Waals surface area contributed by atoms with Crippen molar-refractivity contribution in [3.05, 3.63) is 58.7 Å². The lowest BCUT2D eigenvalue weighted by Crippen LogP contribution is -2.51. The second-order valence-electron chi connectivity index (χ2n) is 21.5. The minimum atomic E-state index is -0.269. The van der Waals surface area contributed by atoms with Crippen molar-refractivity contribution >= 4 is 46.2 Å². The molecule has 3 N–H and O–H groups in total. The maximum absolute atomic E-state index is 12.8. The van der Waals surface area contributed by atoms with Gasteiger partial charge in [0.15, 0.2) is 0 Å². The Labute approximate surface area is 431 Å². The molecule has 0 aromatic heterocycles. The summed E-state index contributed by atoms with van der Waals surface area (Å²) in [7, 11) is 0. The number of anilines is 2. The van der Waals surface area contributed by atoms with Gasteiger partial charge in [0.2, 0.25) is 11.1 Å². The second-order valence-corrected chi connectivity index (χ2v) is 21.9. The summed E-state index contributed by atoms with van der Waals surface area (Å²) in [6.45, 7) is 25.6. The van der Waals surface area contributed by atoms with Gasteiger partial charge in [-0.25, -0.2) is 9.59 Å². The number of rotatable bonds is 13. The van der Waals surface area contributed by atoms with E-state index in [-0.39, 0.29) is 35.0 Å². The van der Waals surface area contributed by atoms with Crippen LogP contribution in [0.1, 0.15) is 115 Å².